The molecule has 1 aliphatic heterocycles. The SMILES string of the molecule is CC(Sc1nc2c(c(=O)[nH]1)CSC2)C(=O)Nc1cccc2ccccc12. The van der Waals surface area contributed by atoms with Crippen LogP contribution in [0.4, 0.5) is 5.69 Å². The minimum absolute atomic E-state index is 0.0934. The molecule has 0 spiro atoms. The summed E-state index contributed by atoms with van der Waals surface area (Å²) >= 11 is 2.95. The second kappa shape index (κ2) is 7.17. The monoisotopic (exact) mass is 383 g/mol. The van der Waals surface area contributed by atoms with Crippen molar-refractivity contribution in [2.24, 2.45) is 0 Å². The van der Waals surface area contributed by atoms with Crippen LogP contribution in [0.25, 0.3) is 10.8 Å². The predicted octanol–water partition coefficient (Wildman–Crippen LogP) is 3.79. The van der Waals surface area contributed by atoms with Gasteiger partial charge in [0, 0.05) is 28.1 Å². The minimum Gasteiger partial charge on any atom is -0.325 e. The van der Waals surface area contributed by atoms with Crippen molar-refractivity contribution in [2.45, 2.75) is 28.8 Å². The number of benzene rings is 2. The first-order chi connectivity index (χ1) is 12.6. The Morgan fingerprint density at radius 1 is 1.23 bits per heavy atom. The van der Waals surface area contributed by atoms with E-state index in [1.165, 1.54) is 11.8 Å². The molecular weight excluding hydrogens is 366 g/mol. The number of hydrogen-bond donors (Lipinski definition) is 2. The van der Waals surface area contributed by atoms with Crippen molar-refractivity contribution in [1.82, 2.24) is 9.97 Å². The van der Waals surface area contributed by atoms with Crippen LogP contribution < -0.4 is 10.9 Å². The number of carbonyl (C=O) groups excluding carboxylic acids is 1. The van der Waals surface area contributed by atoms with Crippen molar-refractivity contribution >= 4 is 45.9 Å². The van der Waals surface area contributed by atoms with Crippen molar-refractivity contribution in [3.8, 4) is 0 Å². The van der Waals surface area contributed by atoms with Crippen LogP contribution in [0.5, 0.6) is 0 Å². The van der Waals surface area contributed by atoms with E-state index in [4.69, 9.17) is 0 Å². The molecule has 26 heavy (non-hydrogen) atoms. The van der Waals surface area contributed by atoms with Crippen LogP contribution in [0, 0.1) is 0 Å². The van der Waals surface area contributed by atoms with Gasteiger partial charge in [0.25, 0.3) is 5.56 Å². The van der Waals surface area contributed by atoms with Crippen LogP contribution in [0.3, 0.4) is 0 Å². The van der Waals surface area contributed by atoms with Gasteiger partial charge in [-0.25, -0.2) is 4.98 Å². The molecule has 1 aliphatic rings. The van der Waals surface area contributed by atoms with Gasteiger partial charge in [-0.05, 0) is 18.4 Å². The number of rotatable bonds is 4. The summed E-state index contributed by atoms with van der Waals surface area (Å²) in [5, 5.41) is 5.18. The van der Waals surface area contributed by atoms with E-state index in [2.05, 4.69) is 15.3 Å². The largest absolute Gasteiger partial charge is 0.325 e. The third-order valence-electron chi connectivity index (χ3n) is 4.27. The lowest BCUT2D eigenvalue weighted by Gasteiger charge is -2.13. The third kappa shape index (κ3) is 3.37. The van der Waals surface area contributed by atoms with E-state index >= 15 is 0 Å². The van der Waals surface area contributed by atoms with Crippen molar-refractivity contribution < 1.29 is 4.79 Å². The number of aromatic amines is 1. The lowest BCUT2D eigenvalue weighted by atomic mass is 10.1. The van der Waals surface area contributed by atoms with Gasteiger partial charge in [-0.1, -0.05) is 48.2 Å². The topological polar surface area (TPSA) is 74.8 Å². The van der Waals surface area contributed by atoms with E-state index in [0.29, 0.717) is 10.9 Å². The highest BCUT2D eigenvalue weighted by Crippen LogP contribution is 2.29. The average Bonchev–Trinajstić information content (AvgIpc) is 3.11. The van der Waals surface area contributed by atoms with E-state index in [1.807, 2.05) is 49.4 Å². The molecule has 0 fully saturated rings. The van der Waals surface area contributed by atoms with Crippen LogP contribution >= 0.6 is 23.5 Å². The molecule has 2 aromatic carbocycles. The number of aromatic nitrogens is 2. The molecule has 1 amide bonds. The molecule has 0 bridgehead atoms. The molecule has 5 nitrogen and oxygen atoms in total. The summed E-state index contributed by atoms with van der Waals surface area (Å²) in [7, 11) is 0. The Labute approximate surface area is 159 Å². The first-order valence-electron chi connectivity index (χ1n) is 8.27. The van der Waals surface area contributed by atoms with Crippen LogP contribution in [0.2, 0.25) is 0 Å². The molecule has 0 saturated heterocycles. The summed E-state index contributed by atoms with van der Waals surface area (Å²) in [5.74, 6) is 1.34. The Bertz CT molecular complexity index is 1040. The highest BCUT2D eigenvalue weighted by Gasteiger charge is 2.21. The van der Waals surface area contributed by atoms with Crippen molar-refractivity contribution in [2.75, 3.05) is 5.32 Å². The average molecular weight is 383 g/mol. The molecule has 4 rings (SSSR count). The number of thioether (sulfide) groups is 2. The highest BCUT2D eigenvalue weighted by molar-refractivity contribution is 8.00. The summed E-state index contributed by atoms with van der Waals surface area (Å²) in [6.45, 7) is 1.81. The number of fused-ring (bicyclic) bond motifs is 2. The Hall–Kier alpha value is -2.25. The van der Waals surface area contributed by atoms with Crippen molar-refractivity contribution in [1.29, 1.82) is 0 Å². The van der Waals surface area contributed by atoms with Gasteiger partial charge in [-0.3, -0.25) is 9.59 Å². The third-order valence-corrected chi connectivity index (χ3v) is 6.22. The maximum Gasteiger partial charge on any atom is 0.255 e. The Kier molecular flexibility index (Phi) is 4.74. The minimum atomic E-state index is -0.385. The fourth-order valence-corrected chi connectivity index (χ4v) is 4.74. The van der Waals surface area contributed by atoms with Gasteiger partial charge < -0.3 is 10.3 Å². The standard InChI is InChI=1S/C19H17N3O2S2/c1-11(26-19-21-16-10-25-9-14(16)18(24)22-19)17(23)20-15-8-4-6-12-5-2-3-7-13(12)15/h2-8,11H,9-10H2,1H3,(H,20,23)(H,21,22,24). The van der Waals surface area contributed by atoms with Gasteiger partial charge in [0.15, 0.2) is 5.16 Å². The van der Waals surface area contributed by atoms with Gasteiger partial charge in [-0.2, -0.15) is 11.8 Å². The summed E-state index contributed by atoms with van der Waals surface area (Å²) in [6, 6.07) is 13.8. The number of carbonyl (C=O) groups is 1. The van der Waals surface area contributed by atoms with Gasteiger partial charge in [0.05, 0.1) is 10.9 Å². The zero-order valence-electron chi connectivity index (χ0n) is 14.1. The lowest BCUT2D eigenvalue weighted by Crippen LogP contribution is -2.24. The Balaban J connectivity index is 1.52. The first kappa shape index (κ1) is 17.2. The molecule has 0 aliphatic carbocycles. The van der Waals surface area contributed by atoms with Gasteiger partial charge in [0.1, 0.15) is 0 Å². The number of amides is 1. The van der Waals surface area contributed by atoms with E-state index in [0.717, 1.165) is 33.5 Å². The van der Waals surface area contributed by atoms with Crippen LogP contribution in [-0.2, 0) is 16.3 Å². The maximum atomic E-state index is 12.6. The number of nitrogens with one attached hydrogen (secondary N) is 2. The van der Waals surface area contributed by atoms with E-state index < -0.39 is 0 Å². The molecule has 0 saturated carbocycles. The molecule has 2 N–H and O–H groups in total. The van der Waals surface area contributed by atoms with Crippen molar-refractivity contribution in [3.05, 3.63) is 64.1 Å². The summed E-state index contributed by atoms with van der Waals surface area (Å²) in [6.07, 6.45) is 0. The number of H-pyrrole nitrogens is 1. The zero-order valence-corrected chi connectivity index (χ0v) is 15.7. The Morgan fingerprint density at radius 2 is 2.04 bits per heavy atom. The van der Waals surface area contributed by atoms with Gasteiger partial charge in [-0.15, -0.1) is 0 Å². The normalized spacial score (nSPS) is 14.2. The van der Waals surface area contributed by atoms with Crippen LogP contribution in [0.15, 0.2) is 52.4 Å². The van der Waals surface area contributed by atoms with E-state index in [9.17, 15) is 9.59 Å². The number of nitrogens with zero attached hydrogens (tertiary/aromatic N) is 1. The molecule has 0 radical (unpaired) electrons. The molecule has 1 atom stereocenters. The maximum absolute atomic E-state index is 12.6. The molecule has 7 heteroatoms. The quantitative estimate of drug-likeness (QED) is 0.530. The molecule has 3 aromatic rings. The van der Waals surface area contributed by atoms with Crippen LogP contribution in [0.1, 0.15) is 18.2 Å². The smallest absolute Gasteiger partial charge is 0.255 e. The molecular formula is C19H17N3O2S2. The highest BCUT2D eigenvalue weighted by atomic mass is 32.2. The van der Waals surface area contributed by atoms with Crippen molar-refractivity contribution in [3.63, 3.8) is 0 Å². The number of hydrogen-bond acceptors (Lipinski definition) is 5. The van der Waals surface area contributed by atoms with Gasteiger partial charge in [0.2, 0.25) is 5.91 Å². The first-order valence-corrected chi connectivity index (χ1v) is 10.3. The zero-order chi connectivity index (χ0) is 18.1. The summed E-state index contributed by atoms with van der Waals surface area (Å²) in [4.78, 5) is 32.0. The molecule has 132 valence electrons. The molecule has 2 heterocycles. The van der Waals surface area contributed by atoms with Gasteiger partial charge >= 0.3 is 0 Å². The van der Waals surface area contributed by atoms with E-state index in [-0.39, 0.29) is 16.7 Å². The lowest BCUT2D eigenvalue weighted by molar-refractivity contribution is -0.115. The Morgan fingerprint density at radius 3 is 2.92 bits per heavy atom. The van der Waals surface area contributed by atoms with Crippen LogP contribution in [-0.4, -0.2) is 21.1 Å². The second-order valence-corrected chi connectivity index (χ2v) is 8.38. The predicted molar refractivity (Wildman–Crippen MR) is 108 cm³/mol. The number of anilines is 1. The molecule has 1 aromatic heterocycles. The fourth-order valence-electron chi connectivity index (χ4n) is 2.89. The summed E-state index contributed by atoms with van der Waals surface area (Å²) < 4.78 is 0. The summed E-state index contributed by atoms with van der Waals surface area (Å²) in [5.41, 5.74) is 2.28. The second-order valence-electron chi connectivity index (χ2n) is 6.07. The van der Waals surface area contributed by atoms with E-state index in [1.54, 1.807) is 11.8 Å². The fraction of sp³-hybridized carbons (Fsp3) is 0.211. The molecule has 1 unspecified atom stereocenters.